The van der Waals surface area contributed by atoms with Gasteiger partial charge in [0, 0.05) is 38.4 Å². The molecule has 0 spiro atoms. The van der Waals surface area contributed by atoms with Gasteiger partial charge in [0.2, 0.25) is 0 Å². The first-order valence-corrected chi connectivity index (χ1v) is 12.9. The predicted octanol–water partition coefficient (Wildman–Crippen LogP) is 9.50. The molecule has 2 heterocycles. The lowest BCUT2D eigenvalue weighted by atomic mass is 9.81. The van der Waals surface area contributed by atoms with Crippen LogP contribution in [0.2, 0.25) is 0 Å². The summed E-state index contributed by atoms with van der Waals surface area (Å²) >= 11 is 0. The summed E-state index contributed by atoms with van der Waals surface area (Å²) in [4.78, 5) is 0. The lowest BCUT2D eigenvalue weighted by Gasteiger charge is -2.20. The molecule has 8 rings (SSSR count). The summed E-state index contributed by atoms with van der Waals surface area (Å²) in [6, 6.07) is 41.3. The summed E-state index contributed by atoms with van der Waals surface area (Å²) in [5, 5.41) is 3.65. The highest BCUT2D eigenvalue weighted by Crippen LogP contribution is 2.54. The van der Waals surface area contributed by atoms with Crippen molar-refractivity contribution in [1.29, 1.82) is 0 Å². The highest BCUT2D eigenvalue weighted by atomic mass is 16.3. The minimum atomic E-state index is -0.116. The van der Waals surface area contributed by atoms with Crippen LogP contribution in [0.25, 0.3) is 60.9 Å². The molecular weight excluding hydrogens is 450 g/mol. The van der Waals surface area contributed by atoms with E-state index >= 15 is 0 Å². The zero-order valence-electron chi connectivity index (χ0n) is 20.8. The second kappa shape index (κ2) is 7.24. The molecule has 2 heteroatoms. The van der Waals surface area contributed by atoms with Gasteiger partial charge in [0.25, 0.3) is 0 Å². The van der Waals surface area contributed by atoms with Gasteiger partial charge in [-0.05, 0) is 34.9 Å². The summed E-state index contributed by atoms with van der Waals surface area (Å²) in [7, 11) is 0. The largest absolute Gasteiger partial charge is 0.453 e. The number of benzene rings is 5. The molecule has 0 saturated heterocycles. The van der Waals surface area contributed by atoms with Crippen molar-refractivity contribution in [3.05, 3.63) is 126 Å². The van der Waals surface area contributed by atoms with Crippen molar-refractivity contribution in [3.63, 3.8) is 0 Å². The summed E-state index contributed by atoms with van der Waals surface area (Å²) in [6.07, 6.45) is 0. The minimum absolute atomic E-state index is 0.116. The topological polar surface area (TPSA) is 18.1 Å². The maximum atomic E-state index is 6.87. The van der Waals surface area contributed by atoms with Crippen molar-refractivity contribution in [2.24, 2.45) is 0 Å². The molecule has 2 aromatic heterocycles. The van der Waals surface area contributed by atoms with Gasteiger partial charge in [-0.15, -0.1) is 0 Å². The van der Waals surface area contributed by atoms with Crippen LogP contribution >= 0.6 is 0 Å². The van der Waals surface area contributed by atoms with E-state index in [-0.39, 0.29) is 5.41 Å². The molecule has 176 valence electrons. The van der Waals surface area contributed by atoms with E-state index in [1.807, 2.05) is 0 Å². The fourth-order valence-corrected chi connectivity index (χ4v) is 6.50. The molecule has 37 heavy (non-hydrogen) atoms. The number of hydrogen-bond donors (Lipinski definition) is 0. The summed E-state index contributed by atoms with van der Waals surface area (Å²) < 4.78 is 9.26. The molecule has 0 radical (unpaired) electrons. The van der Waals surface area contributed by atoms with Gasteiger partial charge in [-0.1, -0.05) is 111 Å². The maximum Gasteiger partial charge on any atom is 0.159 e. The first kappa shape index (κ1) is 20.6. The van der Waals surface area contributed by atoms with Crippen molar-refractivity contribution in [2.45, 2.75) is 19.3 Å². The van der Waals surface area contributed by atoms with E-state index in [4.69, 9.17) is 4.42 Å². The van der Waals surface area contributed by atoms with Crippen LogP contribution in [0.1, 0.15) is 25.0 Å². The molecule has 1 aliphatic carbocycles. The fraction of sp³-hybridized carbons (Fsp3) is 0.0857. The Bertz CT molecular complexity index is 2000. The Kier molecular flexibility index (Phi) is 4.03. The van der Waals surface area contributed by atoms with Gasteiger partial charge in [-0.25, -0.2) is 0 Å². The highest BCUT2D eigenvalue weighted by molar-refractivity contribution is 6.18. The average molecular weight is 476 g/mol. The van der Waals surface area contributed by atoms with Gasteiger partial charge < -0.3 is 8.98 Å². The summed E-state index contributed by atoms with van der Waals surface area (Å²) in [6.45, 7) is 4.63. The molecule has 1 aliphatic rings. The molecule has 0 saturated carbocycles. The Balaban J connectivity index is 1.49. The number of furan rings is 1. The average Bonchev–Trinajstić information content (AvgIpc) is 3.56. The Morgan fingerprint density at radius 1 is 0.622 bits per heavy atom. The van der Waals surface area contributed by atoms with Crippen molar-refractivity contribution in [2.75, 3.05) is 0 Å². The Hall–Kier alpha value is -4.56. The molecule has 2 nitrogen and oxygen atoms in total. The Labute approximate surface area is 215 Å². The van der Waals surface area contributed by atoms with E-state index in [1.165, 1.54) is 49.5 Å². The number of nitrogens with zero attached hydrogens (tertiary/aromatic N) is 1. The van der Waals surface area contributed by atoms with Gasteiger partial charge in [-0.3, -0.25) is 0 Å². The number of rotatable bonds is 2. The van der Waals surface area contributed by atoms with E-state index in [2.05, 4.69) is 134 Å². The van der Waals surface area contributed by atoms with Gasteiger partial charge in [0.1, 0.15) is 5.76 Å². The fourth-order valence-electron chi connectivity index (χ4n) is 6.50. The van der Waals surface area contributed by atoms with Gasteiger partial charge in [0.05, 0.1) is 11.0 Å². The zero-order chi connectivity index (χ0) is 24.7. The number of aromatic nitrogens is 1. The second-order valence-corrected chi connectivity index (χ2v) is 10.6. The second-order valence-electron chi connectivity index (χ2n) is 10.6. The third-order valence-corrected chi connectivity index (χ3v) is 8.17. The molecule has 7 aromatic rings. The molecule has 0 aliphatic heterocycles. The standard InChI is InChI=1S/C35H25NO/c1-35(2)29-17-8-6-16-27(29)33-31(35)28-20-19-26-25-15-7-9-18-30(25)36(32(26)34(28)37-33)24-14-10-13-23(21-24)22-11-4-3-5-12-22/h3-21H,1-2H3. The van der Waals surface area contributed by atoms with E-state index in [9.17, 15) is 0 Å². The predicted molar refractivity (Wildman–Crippen MR) is 154 cm³/mol. The SMILES string of the molecule is CC1(C)c2ccccc2-c2oc3c(ccc4c5ccccc5n(-c5cccc(-c6ccccc6)c5)c43)c21. The lowest BCUT2D eigenvalue weighted by Crippen LogP contribution is -2.14. The van der Waals surface area contributed by atoms with E-state index in [0.29, 0.717) is 0 Å². The number of para-hydroxylation sites is 1. The van der Waals surface area contributed by atoms with Crippen molar-refractivity contribution in [1.82, 2.24) is 4.57 Å². The normalized spacial score (nSPS) is 13.9. The van der Waals surface area contributed by atoms with Crippen LogP contribution < -0.4 is 0 Å². The first-order chi connectivity index (χ1) is 18.1. The van der Waals surface area contributed by atoms with Crippen molar-refractivity contribution >= 4 is 32.8 Å². The van der Waals surface area contributed by atoms with Crippen LogP contribution in [0.4, 0.5) is 0 Å². The lowest BCUT2D eigenvalue weighted by molar-refractivity contribution is 0.621. The number of fused-ring (bicyclic) bond motifs is 9. The molecule has 0 bridgehead atoms. The summed E-state index contributed by atoms with van der Waals surface area (Å²) in [5.41, 5.74) is 10.6. The van der Waals surface area contributed by atoms with Crippen molar-refractivity contribution < 1.29 is 4.42 Å². The minimum Gasteiger partial charge on any atom is -0.453 e. The molecule has 0 atom stereocenters. The Morgan fingerprint density at radius 3 is 2.24 bits per heavy atom. The molecular formula is C35H25NO. The first-order valence-electron chi connectivity index (χ1n) is 12.9. The molecule has 5 aromatic carbocycles. The summed E-state index contributed by atoms with van der Waals surface area (Å²) in [5.74, 6) is 1.01. The molecule has 0 unspecified atom stereocenters. The molecule has 0 amide bonds. The smallest absolute Gasteiger partial charge is 0.159 e. The van der Waals surface area contributed by atoms with Crippen molar-refractivity contribution in [3.8, 4) is 28.1 Å². The van der Waals surface area contributed by atoms with Crippen LogP contribution in [0.15, 0.2) is 120 Å². The van der Waals surface area contributed by atoms with Crippen LogP contribution in [-0.4, -0.2) is 4.57 Å². The van der Waals surface area contributed by atoms with E-state index in [0.717, 1.165) is 22.5 Å². The van der Waals surface area contributed by atoms with E-state index in [1.54, 1.807) is 0 Å². The van der Waals surface area contributed by atoms with Crippen LogP contribution in [0, 0.1) is 0 Å². The van der Waals surface area contributed by atoms with Crippen LogP contribution in [0.3, 0.4) is 0 Å². The van der Waals surface area contributed by atoms with Crippen LogP contribution in [-0.2, 0) is 5.41 Å². The third-order valence-electron chi connectivity index (χ3n) is 8.17. The monoisotopic (exact) mass is 475 g/mol. The zero-order valence-corrected chi connectivity index (χ0v) is 20.8. The number of hydrogen-bond acceptors (Lipinski definition) is 1. The Morgan fingerprint density at radius 2 is 1.35 bits per heavy atom. The highest BCUT2D eigenvalue weighted by Gasteiger charge is 2.40. The maximum absolute atomic E-state index is 6.87. The van der Waals surface area contributed by atoms with Crippen LogP contribution in [0.5, 0.6) is 0 Å². The van der Waals surface area contributed by atoms with Gasteiger partial charge in [0.15, 0.2) is 5.58 Å². The van der Waals surface area contributed by atoms with Gasteiger partial charge in [-0.2, -0.15) is 0 Å². The van der Waals surface area contributed by atoms with E-state index < -0.39 is 0 Å². The quantitative estimate of drug-likeness (QED) is 0.243. The molecule has 0 N–H and O–H groups in total. The third kappa shape index (κ3) is 2.70. The molecule has 0 fully saturated rings. The van der Waals surface area contributed by atoms with Gasteiger partial charge >= 0.3 is 0 Å².